The largest absolute Gasteiger partial charge is 0.356 e. The number of nitrogens with one attached hydrogen (secondary N) is 3. The molecule has 1 aromatic carbocycles. The minimum Gasteiger partial charge on any atom is -0.356 e. The number of amides is 1. The summed E-state index contributed by atoms with van der Waals surface area (Å²) < 4.78 is 0. The summed E-state index contributed by atoms with van der Waals surface area (Å²) in [5, 5.41) is 9.68. The highest BCUT2D eigenvalue weighted by atomic mass is 127. The van der Waals surface area contributed by atoms with Crippen LogP contribution in [0.2, 0.25) is 0 Å². The number of aryl methyl sites for hydroxylation is 1. The Kier molecular flexibility index (Phi) is 12.2. The Morgan fingerprint density at radius 1 is 1.04 bits per heavy atom. The van der Waals surface area contributed by atoms with Crippen LogP contribution in [0.3, 0.4) is 0 Å². The molecule has 1 fully saturated rings. The average molecular weight is 500 g/mol. The van der Waals surface area contributed by atoms with Crippen molar-refractivity contribution < 1.29 is 4.79 Å². The number of nitrogens with zero attached hydrogens (tertiary/aromatic N) is 1. The van der Waals surface area contributed by atoms with Gasteiger partial charge >= 0.3 is 0 Å². The van der Waals surface area contributed by atoms with Gasteiger partial charge in [0.2, 0.25) is 5.91 Å². The van der Waals surface area contributed by atoms with Crippen molar-refractivity contribution in [2.45, 2.75) is 58.3 Å². The zero-order valence-corrected chi connectivity index (χ0v) is 19.9. The number of aliphatic imine (C=N–C) groups is 1. The van der Waals surface area contributed by atoms with Gasteiger partial charge in [0, 0.05) is 32.6 Å². The van der Waals surface area contributed by atoms with Crippen LogP contribution in [0.5, 0.6) is 0 Å². The summed E-state index contributed by atoms with van der Waals surface area (Å²) in [5.74, 6) is 1.91. The second-order valence-electron chi connectivity index (χ2n) is 7.70. The molecule has 0 bridgehead atoms. The number of hydrogen-bond donors (Lipinski definition) is 3. The highest BCUT2D eigenvalue weighted by Gasteiger charge is 2.24. The molecule has 0 heterocycles. The molecule has 0 atom stereocenters. The quantitative estimate of drug-likeness (QED) is 0.198. The van der Waals surface area contributed by atoms with Gasteiger partial charge in [-0.15, -0.1) is 24.0 Å². The first-order chi connectivity index (χ1) is 13.1. The van der Waals surface area contributed by atoms with Crippen LogP contribution in [0.15, 0.2) is 29.3 Å². The highest BCUT2D eigenvalue weighted by molar-refractivity contribution is 14.0. The third-order valence-electron chi connectivity index (χ3n) is 5.23. The van der Waals surface area contributed by atoms with Crippen LogP contribution in [-0.4, -0.2) is 38.5 Å². The van der Waals surface area contributed by atoms with Gasteiger partial charge in [-0.2, -0.15) is 0 Å². The Morgan fingerprint density at radius 3 is 2.18 bits per heavy atom. The predicted molar refractivity (Wildman–Crippen MR) is 129 cm³/mol. The van der Waals surface area contributed by atoms with Gasteiger partial charge in [0.15, 0.2) is 5.96 Å². The first-order valence-corrected chi connectivity index (χ1v) is 10.4. The number of halogens is 1. The first-order valence-electron chi connectivity index (χ1n) is 10.4. The molecule has 0 aliphatic heterocycles. The fourth-order valence-electron chi connectivity index (χ4n) is 3.11. The lowest BCUT2D eigenvalue weighted by atomic mass is 9.85. The fourth-order valence-corrected chi connectivity index (χ4v) is 3.11. The van der Waals surface area contributed by atoms with Crippen molar-refractivity contribution in [3.8, 4) is 0 Å². The third-order valence-corrected chi connectivity index (χ3v) is 5.23. The van der Waals surface area contributed by atoms with Gasteiger partial charge in [-0.1, -0.05) is 44.5 Å². The van der Waals surface area contributed by atoms with Gasteiger partial charge in [0.25, 0.3) is 0 Å². The summed E-state index contributed by atoms with van der Waals surface area (Å²) in [5.41, 5.74) is 2.77. The number of carbonyl (C=O) groups is 1. The van der Waals surface area contributed by atoms with Crippen LogP contribution >= 0.6 is 24.0 Å². The third kappa shape index (κ3) is 8.80. The molecule has 2 rings (SSSR count). The molecule has 1 aliphatic rings. The lowest BCUT2D eigenvalue weighted by Gasteiger charge is -2.24. The molecule has 0 saturated heterocycles. The van der Waals surface area contributed by atoms with Gasteiger partial charge in [-0.3, -0.25) is 9.79 Å². The van der Waals surface area contributed by atoms with E-state index in [4.69, 9.17) is 0 Å². The van der Waals surface area contributed by atoms with Gasteiger partial charge in [-0.25, -0.2) is 0 Å². The van der Waals surface area contributed by atoms with Crippen molar-refractivity contribution in [1.82, 2.24) is 16.0 Å². The maximum atomic E-state index is 11.8. The van der Waals surface area contributed by atoms with Gasteiger partial charge < -0.3 is 16.0 Å². The van der Waals surface area contributed by atoms with Crippen molar-refractivity contribution in [2.75, 3.05) is 26.7 Å². The maximum absolute atomic E-state index is 11.8. The smallest absolute Gasteiger partial charge is 0.223 e. The van der Waals surface area contributed by atoms with E-state index in [0.717, 1.165) is 57.7 Å². The van der Waals surface area contributed by atoms with Crippen molar-refractivity contribution in [3.05, 3.63) is 35.4 Å². The average Bonchev–Trinajstić information content (AvgIpc) is 2.62. The Bertz CT molecular complexity index is 597. The predicted octanol–water partition coefficient (Wildman–Crippen LogP) is 3.83. The Hall–Kier alpha value is -1.31. The molecule has 1 aliphatic carbocycles. The lowest BCUT2D eigenvalue weighted by molar-refractivity contribution is -0.127. The molecule has 0 unspecified atom stereocenters. The van der Waals surface area contributed by atoms with Crippen molar-refractivity contribution >= 4 is 35.8 Å². The second-order valence-corrected chi connectivity index (χ2v) is 7.70. The molecule has 1 aromatic rings. The van der Waals surface area contributed by atoms with Crippen molar-refractivity contribution in [2.24, 2.45) is 10.9 Å². The SMILES string of the molecule is CN=C(NCCCNC(=O)C1CCC1)NCCCc1ccc(C(C)C)cc1.I. The minimum absolute atomic E-state index is 0. The van der Waals surface area contributed by atoms with E-state index >= 15 is 0 Å². The molecule has 1 amide bonds. The lowest BCUT2D eigenvalue weighted by Crippen LogP contribution is -2.40. The standard InChI is InChI=1S/C22H36N4O.HI/c1-17(2)19-12-10-18(11-13-19)7-5-14-25-22(23-3)26-16-6-15-24-21(27)20-8-4-9-20;/h10-13,17,20H,4-9,14-16H2,1-3H3,(H,24,27)(H2,23,25,26);1H. The number of benzene rings is 1. The number of hydrogen-bond acceptors (Lipinski definition) is 2. The van der Waals surface area contributed by atoms with Gasteiger partial charge in [0.1, 0.15) is 0 Å². The van der Waals surface area contributed by atoms with Crippen LogP contribution in [0, 0.1) is 5.92 Å². The van der Waals surface area contributed by atoms with Crippen LogP contribution in [0.1, 0.15) is 63.0 Å². The molecule has 0 aromatic heterocycles. The summed E-state index contributed by atoms with van der Waals surface area (Å²) >= 11 is 0. The Balaban J connectivity index is 0.00000392. The van der Waals surface area contributed by atoms with Crippen LogP contribution in [0.25, 0.3) is 0 Å². The van der Waals surface area contributed by atoms with E-state index in [2.05, 4.69) is 59.1 Å². The van der Waals surface area contributed by atoms with E-state index in [-0.39, 0.29) is 35.8 Å². The summed E-state index contributed by atoms with van der Waals surface area (Å²) in [6, 6.07) is 8.94. The van der Waals surface area contributed by atoms with E-state index in [1.807, 2.05) is 0 Å². The van der Waals surface area contributed by atoms with E-state index < -0.39 is 0 Å². The molecule has 158 valence electrons. The summed E-state index contributed by atoms with van der Waals surface area (Å²) in [6.45, 7) is 6.87. The van der Waals surface area contributed by atoms with E-state index in [9.17, 15) is 4.79 Å². The molecule has 3 N–H and O–H groups in total. The molecule has 0 radical (unpaired) electrons. The molecule has 1 saturated carbocycles. The Labute approximate surface area is 187 Å². The maximum Gasteiger partial charge on any atom is 0.223 e. The minimum atomic E-state index is 0. The zero-order chi connectivity index (χ0) is 19.5. The molecule has 5 nitrogen and oxygen atoms in total. The van der Waals surface area contributed by atoms with E-state index in [1.54, 1.807) is 7.05 Å². The molecule has 6 heteroatoms. The zero-order valence-electron chi connectivity index (χ0n) is 17.6. The van der Waals surface area contributed by atoms with Gasteiger partial charge in [-0.05, 0) is 49.1 Å². The topological polar surface area (TPSA) is 65.5 Å². The second kappa shape index (κ2) is 13.8. The van der Waals surface area contributed by atoms with Gasteiger partial charge in [0.05, 0.1) is 0 Å². The number of rotatable bonds is 10. The van der Waals surface area contributed by atoms with Crippen molar-refractivity contribution in [1.29, 1.82) is 0 Å². The highest BCUT2D eigenvalue weighted by Crippen LogP contribution is 2.26. The number of carbonyl (C=O) groups excluding carboxylic acids is 1. The molecule has 0 spiro atoms. The first kappa shape index (κ1) is 24.7. The molecule has 28 heavy (non-hydrogen) atoms. The van der Waals surface area contributed by atoms with E-state index in [0.29, 0.717) is 5.92 Å². The normalized spacial score (nSPS) is 14.2. The van der Waals surface area contributed by atoms with Crippen LogP contribution in [-0.2, 0) is 11.2 Å². The fraction of sp³-hybridized carbons (Fsp3) is 0.636. The van der Waals surface area contributed by atoms with Crippen LogP contribution in [0.4, 0.5) is 0 Å². The van der Waals surface area contributed by atoms with Crippen molar-refractivity contribution in [3.63, 3.8) is 0 Å². The van der Waals surface area contributed by atoms with Crippen LogP contribution < -0.4 is 16.0 Å². The summed E-state index contributed by atoms with van der Waals surface area (Å²) in [4.78, 5) is 16.0. The molecular formula is C22H37IN4O. The summed E-state index contributed by atoms with van der Waals surface area (Å²) in [7, 11) is 1.79. The van der Waals surface area contributed by atoms with E-state index in [1.165, 1.54) is 17.5 Å². The Morgan fingerprint density at radius 2 is 1.64 bits per heavy atom. The number of guanidine groups is 1. The molecular weight excluding hydrogens is 463 g/mol. The monoisotopic (exact) mass is 500 g/mol. The summed E-state index contributed by atoms with van der Waals surface area (Å²) in [6.07, 6.45) is 6.35.